The van der Waals surface area contributed by atoms with Crippen molar-refractivity contribution >= 4 is 5.97 Å². The lowest BCUT2D eigenvalue weighted by atomic mass is 10.2. The summed E-state index contributed by atoms with van der Waals surface area (Å²) in [6, 6.07) is 8.09. The number of carbonyl (C=O) groups is 1. The largest absolute Gasteiger partial charge is 0.480 e. The Balaban J connectivity index is 2.30. The molecule has 0 aliphatic rings. The van der Waals surface area contributed by atoms with E-state index in [1.54, 1.807) is 0 Å². The third-order valence-electron chi connectivity index (χ3n) is 2.12. The second-order valence-corrected chi connectivity index (χ2v) is 3.25. The van der Waals surface area contributed by atoms with Crippen LogP contribution in [0.25, 0.3) is 11.3 Å². The average molecular weight is 218 g/mol. The van der Waals surface area contributed by atoms with Gasteiger partial charge in [-0.05, 0) is 0 Å². The van der Waals surface area contributed by atoms with Crippen LogP contribution in [0.2, 0.25) is 0 Å². The number of rotatable bonds is 3. The minimum Gasteiger partial charge on any atom is -0.480 e. The molecule has 1 aromatic carbocycles. The second-order valence-electron chi connectivity index (χ2n) is 3.25. The van der Waals surface area contributed by atoms with Gasteiger partial charge in [0.1, 0.15) is 12.0 Å². The number of nitrogens with two attached hydrogens (primary N) is 1. The number of hydrogen-bond acceptors (Lipinski definition) is 4. The van der Waals surface area contributed by atoms with Crippen LogP contribution in [0.4, 0.5) is 0 Å². The van der Waals surface area contributed by atoms with E-state index < -0.39 is 12.0 Å². The van der Waals surface area contributed by atoms with Crippen LogP contribution in [0.5, 0.6) is 0 Å². The molecule has 0 bridgehead atoms. The van der Waals surface area contributed by atoms with E-state index in [0.717, 1.165) is 5.56 Å². The number of oxazole rings is 1. The molecule has 0 aliphatic heterocycles. The Hall–Kier alpha value is -2.14. The molecule has 0 amide bonds. The first kappa shape index (κ1) is 10.4. The van der Waals surface area contributed by atoms with Gasteiger partial charge in [0.2, 0.25) is 5.89 Å². The Morgan fingerprint density at radius 3 is 2.69 bits per heavy atom. The van der Waals surface area contributed by atoms with Crippen LogP contribution >= 0.6 is 0 Å². The molecule has 1 unspecified atom stereocenters. The fourth-order valence-electron chi connectivity index (χ4n) is 1.28. The number of aromatic nitrogens is 1. The van der Waals surface area contributed by atoms with Gasteiger partial charge in [0.15, 0.2) is 6.04 Å². The van der Waals surface area contributed by atoms with Crippen molar-refractivity contribution in [2.45, 2.75) is 6.04 Å². The van der Waals surface area contributed by atoms with Crippen LogP contribution in [0.3, 0.4) is 0 Å². The zero-order chi connectivity index (χ0) is 11.5. The Morgan fingerprint density at radius 1 is 1.38 bits per heavy atom. The minimum absolute atomic E-state index is 0.00588. The molecule has 1 atom stereocenters. The lowest BCUT2D eigenvalue weighted by Crippen LogP contribution is -2.20. The van der Waals surface area contributed by atoms with Crippen LogP contribution in [0.15, 0.2) is 41.0 Å². The number of hydrogen-bond donors (Lipinski definition) is 2. The molecule has 0 fully saturated rings. The Kier molecular flexibility index (Phi) is 2.70. The average Bonchev–Trinajstić information content (AvgIpc) is 2.78. The van der Waals surface area contributed by atoms with E-state index >= 15 is 0 Å². The van der Waals surface area contributed by atoms with Crippen molar-refractivity contribution in [3.05, 3.63) is 42.5 Å². The highest BCUT2D eigenvalue weighted by Crippen LogP contribution is 2.20. The smallest absolute Gasteiger partial charge is 0.330 e. The molecule has 1 heterocycles. The molecule has 16 heavy (non-hydrogen) atoms. The van der Waals surface area contributed by atoms with Crippen LogP contribution in [-0.2, 0) is 4.79 Å². The number of carboxylic acids is 1. The van der Waals surface area contributed by atoms with E-state index in [9.17, 15) is 4.79 Å². The van der Waals surface area contributed by atoms with Crippen molar-refractivity contribution in [1.82, 2.24) is 4.98 Å². The summed E-state index contributed by atoms with van der Waals surface area (Å²) in [4.78, 5) is 14.6. The molecule has 3 N–H and O–H groups in total. The summed E-state index contributed by atoms with van der Waals surface area (Å²) in [5.74, 6) is -1.16. The molecule has 5 nitrogen and oxygen atoms in total. The van der Waals surface area contributed by atoms with Crippen molar-refractivity contribution in [1.29, 1.82) is 0 Å². The van der Waals surface area contributed by atoms with E-state index in [1.807, 2.05) is 30.3 Å². The van der Waals surface area contributed by atoms with E-state index in [-0.39, 0.29) is 5.89 Å². The van der Waals surface area contributed by atoms with Crippen molar-refractivity contribution in [2.24, 2.45) is 5.73 Å². The summed E-state index contributed by atoms with van der Waals surface area (Å²) in [5.41, 5.74) is 6.81. The second kappa shape index (κ2) is 4.16. The summed E-state index contributed by atoms with van der Waals surface area (Å²) >= 11 is 0. The van der Waals surface area contributed by atoms with Gasteiger partial charge in [0, 0.05) is 5.56 Å². The highest BCUT2D eigenvalue weighted by Gasteiger charge is 2.20. The van der Waals surface area contributed by atoms with Gasteiger partial charge in [-0.2, -0.15) is 0 Å². The monoisotopic (exact) mass is 218 g/mol. The Labute approximate surface area is 91.5 Å². The molecule has 1 aromatic heterocycles. The van der Waals surface area contributed by atoms with E-state index in [0.29, 0.717) is 5.69 Å². The molecule has 0 radical (unpaired) electrons. The summed E-state index contributed by atoms with van der Waals surface area (Å²) in [6.45, 7) is 0. The first-order valence-corrected chi connectivity index (χ1v) is 4.67. The zero-order valence-electron chi connectivity index (χ0n) is 8.33. The predicted octanol–water partition coefficient (Wildman–Crippen LogP) is 1.43. The van der Waals surface area contributed by atoms with Gasteiger partial charge < -0.3 is 15.3 Å². The summed E-state index contributed by atoms with van der Waals surface area (Å²) in [7, 11) is 0. The fourth-order valence-corrected chi connectivity index (χ4v) is 1.28. The molecule has 82 valence electrons. The molecule has 5 heteroatoms. The van der Waals surface area contributed by atoms with E-state index in [1.165, 1.54) is 6.26 Å². The highest BCUT2D eigenvalue weighted by molar-refractivity contribution is 5.74. The normalized spacial score (nSPS) is 12.3. The van der Waals surface area contributed by atoms with Gasteiger partial charge in [-0.25, -0.2) is 9.78 Å². The molecular weight excluding hydrogens is 208 g/mol. The lowest BCUT2D eigenvalue weighted by Gasteiger charge is -1.98. The maximum Gasteiger partial charge on any atom is 0.330 e. The van der Waals surface area contributed by atoms with Crippen LogP contribution in [0, 0.1) is 0 Å². The molecule has 0 aliphatic carbocycles. The maximum atomic E-state index is 10.6. The Morgan fingerprint density at radius 2 is 2.06 bits per heavy atom. The van der Waals surface area contributed by atoms with Crippen molar-refractivity contribution < 1.29 is 14.3 Å². The summed E-state index contributed by atoms with van der Waals surface area (Å²) in [6.07, 6.45) is 1.40. The van der Waals surface area contributed by atoms with Gasteiger partial charge in [0.05, 0.1) is 0 Å². The molecule has 2 aromatic rings. The van der Waals surface area contributed by atoms with Gasteiger partial charge in [-0.3, -0.25) is 0 Å². The van der Waals surface area contributed by atoms with Crippen molar-refractivity contribution in [3.8, 4) is 11.3 Å². The quantitative estimate of drug-likeness (QED) is 0.813. The van der Waals surface area contributed by atoms with Crippen LogP contribution < -0.4 is 5.73 Å². The van der Waals surface area contributed by atoms with Gasteiger partial charge >= 0.3 is 5.97 Å². The topological polar surface area (TPSA) is 89.4 Å². The Bertz CT molecular complexity index is 493. The molecule has 2 rings (SSSR count). The number of aliphatic carboxylic acids is 1. The third-order valence-corrected chi connectivity index (χ3v) is 2.12. The third kappa shape index (κ3) is 1.94. The van der Waals surface area contributed by atoms with E-state index in [2.05, 4.69) is 4.98 Å². The zero-order valence-corrected chi connectivity index (χ0v) is 8.33. The minimum atomic E-state index is -1.22. The number of carboxylic acid groups (broad SMARTS) is 1. The summed E-state index contributed by atoms with van der Waals surface area (Å²) < 4.78 is 5.03. The van der Waals surface area contributed by atoms with Gasteiger partial charge in [0.25, 0.3) is 0 Å². The van der Waals surface area contributed by atoms with Crippen LogP contribution in [-0.4, -0.2) is 16.1 Å². The molecule has 0 saturated carbocycles. The summed E-state index contributed by atoms with van der Waals surface area (Å²) in [5, 5.41) is 8.69. The first-order valence-electron chi connectivity index (χ1n) is 4.67. The fraction of sp³-hybridized carbons (Fsp3) is 0.0909. The standard InChI is InChI=1S/C11H10N2O3/c12-9(11(14)15)10-13-8(6-16-10)7-4-2-1-3-5-7/h1-6,9H,12H2,(H,14,15). The highest BCUT2D eigenvalue weighted by atomic mass is 16.4. The van der Waals surface area contributed by atoms with Gasteiger partial charge in [-0.1, -0.05) is 30.3 Å². The van der Waals surface area contributed by atoms with E-state index in [4.69, 9.17) is 15.3 Å². The van der Waals surface area contributed by atoms with Crippen molar-refractivity contribution in [2.75, 3.05) is 0 Å². The predicted molar refractivity (Wildman–Crippen MR) is 56.5 cm³/mol. The maximum absolute atomic E-state index is 10.6. The van der Waals surface area contributed by atoms with Crippen molar-refractivity contribution in [3.63, 3.8) is 0 Å². The molecule has 0 spiro atoms. The SMILES string of the molecule is NC(C(=O)O)c1nc(-c2ccccc2)co1. The number of benzene rings is 1. The first-order chi connectivity index (χ1) is 7.68. The molecular formula is C11H10N2O3. The van der Waals surface area contributed by atoms with Gasteiger partial charge in [-0.15, -0.1) is 0 Å². The number of nitrogens with zero attached hydrogens (tertiary/aromatic N) is 1. The molecule has 0 saturated heterocycles. The lowest BCUT2D eigenvalue weighted by molar-refractivity contribution is -0.139. The van der Waals surface area contributed by atoms with Crippen LogP contribution in [0.1, 0.15) is 11.9 Å².